The lowest BCUT2D eigenvalue weighted by Crippen LogP contribution is -2.37. The number of nitrogens with one attached hydrogen (secondary N) is 2. The predicted molar refractivity (Wildman–Crippen MR) is 60.6 cm³/mol. The maximum absolute atomic E-state index is 11.2. The summed E-state index contributed by atoms with van der Waals surface area (Å²) in [6, 6.07) is -0.419. The highest BCUT2D eigenvalue weighted by Gasteiger charge is 2.12. The zero-order valence-electron chi connectivity index (χ0n) is 8.92. The molecule has 0 radical (unpaired) electrons. The quantitative estimate of drug-likeness (QED) is 0.564. The molecule has 7 nitrogen and oxygen atoms in total. The molecule has 2 amide bonds. The van der Waals surface area contributed by atoms with Gasteiger partial charge in [0.15, 0.2) is 6.10 Å². The third-order valence-electron chi connectivity index (χ3n) is 1.87. The number of rotatable bonds is 6. The minimum absolute atomic E-state index is 0.0278. The molecule has 1 atom stereocenters. The number of hydrogen-bond acceptors (Lipinski definition) is 5. The number of aliphatic hydroxyl groups is 1. The van der Waals surface area contributed by atoms with Gasteiger partial charge in [-0.15, -0.1) is 11.3 Å². The van der Waals surface area contributed by atoms with Crippen LogP contribution < -0.4 is 10.6 Å². The van der Waals surface area contributed by atoms with Crippen molar-refractivity contribution in [3.05, 3.63) is 16.6 Å². The van der Waals surface area contributed by atoms with Crippen LogP contribution in [0.1, 0.15) is 11.4 Å². The lowest BCUT2D eigenvalue weighted by atomic mass is 10.2. The molecule has 0 aliphatic heterocycles. The molecule has 0 bridgehead atoms. The number of carbonyl (C=O) groups excluding carboxylic acids is 1. The highest BCUT2D eigenvalue weighted by Crippen LogP contribution is 2.02. The van der Waals surface area contributed by atoms with Crippen LogP contribution in [0.15, 0.2) is 11.6 Å². The number of aliphatic hydroxyl groups excluding tert-OH is 1. The van der Waals surface area contributed by atoms with Gasteiger partial charge in [-0.3, -0.25) is 0 Å². The smallest absolute Gasteiger partial charge is 0.332 e. The summed E-state index contributed by atoms with van der Waals surface area (Å²) in [5, 5.41) is 24.9. The molecule has 1 aromatic rings. The van der Waals surface area contributed by atoms with Crippen molar-refractivity contribution < 1.29 is 19.8 Å². The molecule has 1 aromatic heterocycles. The predicted octanol–water partition coefficient (Wildman–Crippen LogP) is -0.222. The van der Waals surface area contributed by atoms with Gasteiger partial charge in [0.1, 0.15) is 5.01 Å². The van der Waals surface area contributed by atoms with E-state index in [0.29, 0.717) is 6.54 Å². The van der Waals surface area contributed by atoms with E-state index in [0.717, 1.165) is 5.01 Å². The molecule has 0 saturated carbocycles. The molecule has 0 spiro atoms. The first-order chi connectivity index (χ1) is 8.09. The number of thiazole rings is 1. The van der Waals surface area contributed by atoms with Crippen molar-refractivity contribution in [3.63, 3.8) is 0 Å². The zero-order chi connectivity index (χ0) is 12.7. The second-order valence-corrected chi connectivity index (χ2v) is 4.16. The summed E-state index contributed by atoms with van der Waals surface area (Å²) in [5.41, 5.74) is 0. The fraction of sp³-hybridized carbons (Fsp3) is 0.444. The average Bonchev–Trinajstić information content (AvgIpc) is 2.78. The van der Waals surface area contributed by atoms with Gasteiger partial charge in [0.25, 0.3) is 0 Å². The van der Waals surface area contributed by atoms with Gasteiger partial charge in [0.05, 0.1) is 6.54 Å². The van der Waals surface area contributed by atoms with Crippen LogP contribution >= 0.6 is 11.3 Å². The summed E-state index contributed by atoms with van der Waals surface area (Å²) in [4.78, 5) is 25.5. The topological polar surface area (TPSA) is 112 Å². The number of hydrogen-bond donors (Lipinski definition) is 4. The van der Waals surface area contributed by atoms with Gasteiger partial charge in [0, 0.05) is 24.5 Å². The first kappa shape index (κ1) is 13.4. The molecule has 0 aromatic carbocycles. The second-order valence-electron chi connectivity index (χ2n) is 3.18. The number of nitrogens with zero attached hydrogens (tertiary/aromatic N) is 1. The fourth-order valence-electron chi connectivity index (χ4n) is 1.00. The van der Waals surface area contributed by atoms with Crippen LogP contribution in [0.25, 0.3) is 0 Å². The Kier molecular flexibility index (Phi) is 5.37. The number of carbonyl (C=O) groups is 2. The minimum atomic E-state index is -1.45. The van der Waals surface area contributed by atoms with Gasteiger partial charge in [-0.25, -0.2) is 14.6 Å². The zero-order valence-corrected chi connectivity index (χ0v) is 9.74. The largest absolute Gasteiger partial charge is 0.479 e. The van der Waals surface area contributed by atoms with Crippen molar-refractivity contribution in [2.75, 3.05) is 6.54 Å². The molecular formula is C9H13N3O4S. The van der Waals surface area contributed by atoms with Crippen LogP contribution in [0.2, 0.25) is 0 Å². The maximum atomic E-state index is 11.2. The standard InChI is InChI=1S/C9H13N3O4S/c13-6(8(14)15)1-2-11-9(16)12-5-7-10-3-4-17-7/h3-4,6,13H,1-2,5H2,(H,14,15)(H2,11,12,16). The van der Waals surface area contributed by atoms with Crippen molar-refractivity contribution in [1.82, 2.24) is 15.6 Å². The minimum Gasteiger partial charge on any atom is -0.479 e. The third-order valence-corrected chi connectivity index (χ3v) is 2.65. The van der Waals surface area contributed by atoms with Crippen LogP contribution in [0.4, 0.5) is 4.79 Å². The molecule has 0 saturated heterocycles. The highest BCUT2D eigenvalue weighted by atomic mass is 32.1. The number of urea groups is 1. The Morgan fingerprint density at radius 2 is 2.24 bits per heavy atom. The van der Waals surface area contributed by atoms with Crippen molar-refractivity contribution in [2.24, 2.45) is 0 Å². The lowest BCUT2D eigenvalue weighted by Gasteiger charge is -2.07. The molecule has 17 heavy (non-hydrogen) atoms. The molecular weight excluding hydrogens is 246 g/mol. The Bertz CT molecular complexity index is 368. The molecule has 0 aliphatic rings. The number of aromatic nitrogens is 1. The van der Waals surface area contributed by atoms with E-state index >= 15 is 0 Å². The Hall–Kier alpha value is -1.67. The summed E-state index contributed by atoms with van der Waals surface area (Å²) >= 11 is 1.43. The summed E-state index contributed by atoms with van der Waals surface area (Å²) in [7, 11) is 0. The van der Waals surface area contributed by atoms with E-state index in [4.69, 9.17) is 10.2 Å². The van der Waals surface area contributed by atoms with E-state index in [2.05, 4.69) is 15.6 Å². The van der Waals surface area contributed by atoms with E-state index in [1.807, 2.05) is 0 Å². The lowest BCUT2D eigenvalue weighted by molar-refractivity contribution is -0.146. The van der Waals surface area contributed by atoms with Gasteiger partial charge >= 0.3 is 12.0 Å². The SMILES string of the molecule is O=C(NCCC(O)C(=O)O)NCc1nccs1. The summed E-state index contributed by atoms with van der Waals surface area (Å²) in [6.45, 7) is 0.419. The van der Waals surface area contributed by atoms with E-state index < -0.39 is 18.1 Å². The third kappa shape index (κ3) is 5.27. The summed E-state index contributed by atoms with van der Waals surface area (Å²) < 4.78 is 0. The van der Waals surface area contributed by atoms with Crippen molar-refractivity contribution in [3.8, 4) is 0 Å². The van der Waals surface area contributed by atoms with Gasteiger partial charge in [-0.05, 0) is 0 Å². The van der Waals surface area contributed by atoms with E-state index in [1.54, 1.807) is 11.6 Å². The van der Waals surface area contributed by atoms with E-state index in [9.17, 15) is 9.59 Å². The Balaban J connectivity index is 2.11. The number of amides is 2. The van der Waals surface area contributed by atoms with E-state index in [1.165, 1.54) is 11.3 Å². The Morgan fingerprint density at radius 1 is 1.47 bits per heavy atom. The summed E-state index contributed by atoms with van der Waals surface area (Å²) in [5.74, 6) is -1.30. The first-order valence-corrected chi connectivity index (χ1v) is 5.78. The van der Waals surface area contributed by atoms with Crippen LogP contribution in [0.5, 0.6) is 0 Å². The molecule has 0 fully saturated rings. The van der Waals surface area contributed by atoms with Crippen LogP contribution in [-0.4, -0.2) is 39.8 Å². The molecule has 94 valence electrons. The first-order valence-electron chi connectivity index (χ1n) is 4.90. The van der Waals surface area contributed by atoms with Crippen LogP contribution in [-0.2, 0) is 11.3 Å². The van der Waals surface area contributed by atoms with Gasteiger partial charge in [-0.1, -0.05) is 0 Å². The van der Waals surface area contributed by atoms with Crippen molar-refractivity contribution in [1.29, 1.82) is 0 Å². The number of aliphatic carboxylic acids is 1. The molecule has 1 unspecified atom stereocenters. The molecule has 8 heteroatoms. The molecule has 4 N–H and O–H groups in total. The highest BCUT2D eigenvalue weighted by molar-refractivity contribution is 7.09. The maximum Gasteiger partial charge on any atom is 0.332 e. The van der Waals surface area contributed by atoms with Crippen LogP contribution in [0, 0.1) is 0 Å². The molecule has 1 rings (SSSR count). The molecule has 0 aliphatic carbocycles. The monoisotopic (exact) mass is 259 g/mol. The fourth-order valence-corrected chi connectivity index (χ4v) is 1.56. The normalized spacial score (nSPS) is 11.8. The van der Waals surface area contributed by atoms with Gasteiger partial charge in [-0.2, -0.15) is 0 Å². The Labute approximate surface area is 101 Å². The molecule has 1 heterocycles. The van der Waals surface area contributed by atoms with Gasteiger partial charge in [0.2, 0.25) is 0 Å². The van der Waals surface area contributed by atoms with Crippen molar-refractivity contribution in [2.45, 2.75) is 19.1 Å². The summed E-state index contributed by atoms with van der Waals surface area (Å²) in [6.07, 6.45) is 0.164. The average molecular weight is 259 g/mol. The van der Waals surface area contributed by atoms with E-state index in [-0.39, 0.29) is 13.0 Å². The number of carboxylic acid groups (broad SMARTS) is 1. The number of carboxylic acids is 1. The van der Waals surface area contributed by atoms with Gasteiger partial charge < -0.3 is 20.8 Å². The Morgan fingerprint density at radius 3 is 2.82 bits per heavy atom. The second kappa shape index (κ2) is 6.81. The van der Waals surface area contributed by atoms with Crippen molar-refractivity contribution >= 4 is 23.3 Å². The van der Waals surface area contributed by atoms with Crippen LogP contribution in [0.3, 0.4) is 0 Å².